The van der Waals surface area contributed by atoms with Gasteiger partial charge in [0.1, 0.15) is 18.2 Å². The van der Waals surface area contributed by atoms with E-state index < -0.39 is 0 Å². The van der Waals surface area contributed by atoms with Gasteiger partial charge in [-0.05, 0) is 55.7 Å². The van der Waals surface area contributed by atoms with Crippen molar-refractivity contribution >= 4 is 11.0 Å². The van der Waals surface area contributed by atoms with Crippen LogP contribution >= 0.6 is 0 Å². The van der Waals surface area contributed by atoms with E-state index in [0.717, 1.165) is 28.2 Å². The molecular formula is C17H18N2O. The monoisotopic (exact) mass is 266 g/mol. The molecule has 0 bridgehead atoms. The maximum Gasteiger partial charge on any atom is 0.146 e. The number of H-pyrrole nitrogens is 1. The minimum Gasteiger partial charge on any atom is -0.485 e. The predicted molar refractivity (Wildman–Crippen MR) is 81.1 cm³/mol. The van der Waals surface area contributed by atoms with Crippen molar-refractivity contribution in [1.29, 1.82) is 0 Å². The minimum atomic E-state index is 0.456. The van der Waals surface area contributed by atoms with E-state index in [1.54, 1.807) is 0 Å². The smallest absolute Gasteiger partial charge is 0.146 e. The highest BCUT2D eigenvalue weighted by molar-refractivity contribution is 5.77. The summed E-state index contributed by atoms with van der Waals surface area (Å²) in [5.74, 6) is 1.76. The van der Waals surface area contributed by atoms with E-state index in [-0.39, 0.29) is 0 Å². The van der Waals surface area contributed by atoms with Crippen molar-refractivity contribution in [2.45, 2.75) is 27.4 Å². The molecule has 3 heteroatoms. The van der Waals surface area contributed by atoms with Crippen LogP contribution in [0.2, 0.25) is 0 Å². The molecule has 0 saturated carbocycles. The molecule has 0 aliphatic carbocycles. The molecule has 1 N–H and O–H groups in total. The molecule has 1 aromatic heterocycles. The molecule has 102 valence electrons. The van der Waals surface area contributed by atoms with Crippen molar-refractivity contribution in [3.05, 3.63) is 58.9 Å². The Bertz CT molecular complexity index is 720. The SMILES string of the molecule is Cc1cc2nc(COc3ccccc3C)[nH]c2cc1C. The first-order valence-corrected chi connectivity index (χ1v) is 6.78. The summed E-state index contributed by atoms with van der Waals surface area (Å²) in [6.45, 7) is 6.71. The summed E-state index contributed by atoms with van der Waals surface area (Å²) in [4.78, 5) is 7.90. The Morgan fingerprint density at radius 3 is 2.55 bits per heavy atom. The number of ether oxygens (including phenoxy) is 1. The van der Waals surface area contributed by atoms with E-state index in [9.17, 15) is 0 Å². The number of aromatic nitrogens is 2. The first-order valence-electron chi connectivity index (χ1n) is 6.78. The van der Waals surface area contributed by atoms with Crippen LogP contribution in [0.1, 0.15) is 22.5 Å². The predicted octanol–water partition coefficient (Wildman–Crippen LogP) is 4.07. The normalized spacial score (nSPS) is 10.9. The number of nitrogens with one attached hydrogen (secondary N) is 1. The molecule has 2 aromatic carbocycles. The Morgan fingerprint density at radius 2 is 1.75 bits per heavy atom. The number of hydrogen-bond acceptors (Lipinski definition) is 2. The second kappa shape index (κ2) is 5.00. The summed E-state index contributed by atoms with van der Waals surface area (Å²) in [5, 5.41) is 0. The van der Waals surface area contributed by atoms with Crippen LogP contribution in [0.25, 0.3) is 11.0 Å². The maximum atomic E-state index is 5.82. The lowest BCUT2D eigenvalue weighted by atomic mass is 10.1. The fourth-order valence-corrected chi connectivity index (χ4v) is 2.26. The van der Waals surface area contributed by atoms with E-state index in [1.165, 1.54) is 11.1 Å². The summed E-state index contributed by atoms with van der Waals surface area (Å²) in [5.41, 5.74) is 5.73. The topological polar surface area (TPSA) is 37.9 Å². The highest BCUT2D eigenvalue weighted by Gasteiger charge is 2.06. The second-order valence-electron chi connectivity index (χ2n) is 5.19. The number of nitrogens with zero attached hydrogens (tertiary/aromatic N) is 1. The van der Waals surface area contributed by atoms with Crippen LogP contribution in [-0.2, 0) is 6.61 Å². The molecule has 0 amide bonds. The number of aromatic amines is 1. The molecule has 0 unspecified atom stereocenters. The zero-order valence-corrected chi connectivity index (χ0v) is 12.0. The van der Waals surface area contributed by atoms with E-state index in [0.29, 0.717) is 6.61 Å². The number of rotatable bonds is 3. The fraction of sp³-hybridized carbons (Fsp3) is 0.235. The van der Waals surface area contributed by atoms with Crippen molar-refractivity contribution in [2.75, 3.05) is 0 Å². The first kappa shape index (κ1) is 12.7. The lowest BCUT2D eigenvalue weighted by Crippen LogP contribution is -1.98. The molecule has 0 atom stereocenters. The van der Waals surface area contributed by atoms with Crippen molar-refractivity contribution in [3.63, 3.8) is 0 Å². The average molecular weight is 266 g/mol. The second-order valence-corrected chi connectivity index (χ2v) is 5.19. The number of hydrogen-bond donors (Lipinski definition) is 1. The van der Waals surface area contributed by atoms with Gasteiger partial charge in [-0.25, -0.2) is 4.98 Å². The van der Waals surface area contributed by atoms with E-state index in [2.05, 4.69) is 35.9 Å². The molecule has 0 spiro atoms. The van der Waals surface area contributed by atoms with E-state index in [4.69, 9.17) is 4.74 Å². The van der Waals surface area contributed by atoms with Crippen LogP contribution in [-0.4, -0.2) is 9.97 Å². The molecule has 3 nitrogen and oxygen atoms in total. The zero-order chi connectivity index (χ0) is 14.1. The molecule has 3 rings (SSSR count). The molecular weight excluding hydrogens is 248 g/mol. The van der Waals surface area contributed by atoms with Gasteiger partial charge in [-0.3, -0.25) is 0 Å². The minimum absolute atomic E-state index is 0.456. The molecule has 0 saturated heterocycles. The summed E-state index contributed by atoms with van der Waals surface area (Å²) in [7, 11) is 0. The van der Waals surface area contributed by atoms with Gasteiger partial charge in [-0.1, -0.05) is 18.2 Å². The van der Waals surface area contributed by atoms with Crippen molar-refractivity contribution in [1.82, 2.24) is 9.97 Å². The first-order chi connectivity index (χ1) is 9.63. The Morgan fingerprint density at radius 1 is 1.00 bits per heavy atom. The van der Waals surface area contributed by atoms with Gasteiger partial charge in [-0.15, -0.1) is 0 Å². The van der Waals surface area contributed by atoms with Crippen molar-refractivity contribution < 1.29 is 4.74 Å². The van der Waals surface area contributed by atoms with Crippen LogP contribution in [0.3, 0.4) is 0 Å². The van der Waals surface area contributed by atoms with E-state index in [1.807, 2.05) is 31.2 Å². The number of benzene rings is 2. The van der Waals surface area contributed by atoms with Crippen LogP contribution in [0, 0.1) is 20.8 Å². The van der Waals surface area contributed by atoms with Crippen LogP contribution in [0.4, 0.5) is 0 Å². The Hall–Kier alpha value is -2.29. The largest absolute Gasteiger partial charge is 0.485 e. The summed E-state index contributed by atoms with van der Waals surface area (Å²) in [6.07, 6.45) is 0. The Balaban J connectivity index is 1.83. The molecule has 0 radical (unpaired) electrons. The molecule has 3 aromatic rings. The van der Waals surface area contributed by atoms with Gasteiger partial charge in [-0.2, -0.15) is 0 Å². The van der Waals surface area contributed by atoms with Crippen LogP contribution < -0.4 is 4.74 Å². The van der Waals surface area contributed by atoms with Crippen LogP contribution in [0.15, 0.2) is 36.4 Å². The Labute approximate surface area is 118 Å². The maximum absolute atomic E-state index is 5.82. The molecule has 0 fully saturated rings. The highest BCUT2D eigenvalue weighted by Crippen LogP contribution is 2.20. The molecule has 0 aliphatic rings. The lowest BCUT2D eigenvalue weighted by Gasteiger charge is -2.06. The third-order valence-electron chi connectivity index (χ3n) is 3.60. The van der Waals surface area contributed by atoms with Gasteiger partial charge < -0.3 is 9.72 Å². The van der Waals surface area contributed by atoms with Crippen molar-refractivity contribution in [2.24, 2.45) is 0 Å². The van der Waals surface area contributed by atoms with Gasteiger partial charge in [0.15, 0.2) is 0 Å². The van der Waals surface area contributed by atoms with Gasteiger partial charge >= 0.3 is 0 Å². The van der Waals surface area contributed by atoms with E-state index >= 15 is 0 Å². The summed E-state index contributed by atoms with van der Waals surface area (Å²) in [6, 6.07) is 12.3. The standard InChI is InChI=1S/C17H18N2O/c1-11-6-4-5-7-16(11)20-10-17-18-14-8-12(2)13(3)9-15(14)19-17/h4-9H,10H2,1-3H3,(H,18,19). The number of para-hydroxylation sites is 1. The van der Waals surface area contributed by atoms with Gasteiger partial charge in [0.05, 0.1) is 11.0 Å². The summed E-state index contributed by atoms with van der Waals surface area (Å²) >= 11 is 0. The number of imidazole rings is 1. The highest BCUT2D eigenvalue weighted by atomic mass is 16.5. The lowest BCUT2D eigenvalue weighted by molar-refractivity contribution is 0.295. The van der Waals surface area contributed by atoms with Crippen LogP contribution in [0.5, 0.6) is 5.75 Å². The molecule has 1 heterocycles. The third kappa shape index (κ3) is 2.39. The van der Waals surface area contributed by atoms with Gasteiger partial charge in [0, 0.05) is 0 Å². The molecule has 20 heavy (non-hydrogen) atoms. The quantitative estimate of drug-likeness (QED) is 0.776. The zero-order valence-electron chi connectivity index (χ0n) is 12.0. The third-order valence-corrected chi connectivity index (χ3v) is 3.60. The van der Waals surface area contributed by atoms with Gasteiger partial charge in [0.2, 0.25) is 0 Å². The van der Waals surface area contributed by atoms with Gasteiger partial charge in [0.25, 0.3) is 0 Å². The summed E-state index contributed by atoms with van der Waals surface area (Å²) < 4.78 is 5.82. The van der Waals surface area contributed by atoms with Crippen molar-refractivity contribution in [3.8, 4) is 5.75 Å². The number of aryl methyl sites for hydroxylation is 3. The number of fused-ring (bicyclic) bond motifs is 1. The fourth-order valence-electron chi connectivity index (χ4n) is 2.26. The molecule has 0 aliphatic heterocycles. The Kier molecular flexibility index (Phi) is 3.18. The average Bonchev–Trinajstić information content (AvgIpc) is 2.80.